The Labute approximate surface area is 204 Å². The third kappa shape index (κ3) is 6.05. The first-order valence-corrected chi connectivity index (χ1v) is 11.8. The number of likely N-dealkylation sites (N-methyl/N-ethyl adjacent to an activating group) is 1. The zero-order valence-corrected chi connectivity index (χ0v) is 20.2. The lowest BCUT2D eigenvalue weighted by molar-refractivity contribution is -0.131. The molecule has 5 N–H and O–H groups in total. The summed E-state index contributed by atoms with van der Waals surface area (Å²) in [5, 5.41) is 12.4. The number of rotatable bonds is 9. The zero-order chi connectivity index (χ0) is 25.5. The van der Waals surface area contributed by atoms with Crippen LogP contribution >= 0.6 is 0 Å². The summed E-state index contributed by atoms with van der Waals surface area (Å²) < 4.78 is 1.23. The van der Waals surface area contributed by atoms with Crippen LogP contribution < -0.4 is 21.7 Å². The smallest absolute Gasteiger partial charge is 0.324 e. The molecule has 3 amide bonds. The van der Waals surface area contributed by atoms with Crippen LogP contribution in [0.3, 0.4) is 0 Å². The minimum atomic E-state index is -0.691. The first kappa shape index (κ1) is 25.9. The van der Waals surface area contributed by atoms with Crippen LogP contribution in [0.15, 0.2) is 12.3 Å². The van der Waals surface area contributed by atoms with Gasteiger partial charge in [0.1, 0.15) is 18.1 Å². The fourth-order valence-electron chi connectivity index (χ4n) is 4.39. The van der Waals surface area contributed by atoms with Gasteiger partial charge in [-0.3, -0.25) is 14.2 Å². The number of primary amides is 1. The predicted octanol–water partition coefficient (Wildman–Crippen LogP) is 0.343. The number of carbonyl (C=O) groups excluding carboxylic acids is 3. The lowest BCUT2D eigenvalue weighted by atomic mass is 9.92. The Kier molecular flexibility index (Phi) is 8.59. The highest BCUT2D eigenvalue weighted by molar-refractivity contribution is 5.95. The number of hydrogen-bond acceptors (Lipinski definition) is 8. The van der Waals surface area contributed by atoms with Crippen LogP contribution in [-0.4, -0.2) is 76.5 Å². The van der Waals surface area contributed by atoms with Crippen molar-refractivity contribution in [1.82, 2.24) is 24.8 Å². The molecular formula is C23H33N9O3. The summed E-state index contributed by atoms with van der Waals surface area (Å²) in [6.45, 7) is 4.22. The van der Waals surface area contributed by atoms with Crippen LogP contribution in [0.25, 0.3) is 11.0 Å². The maximum Gasteiger partial charge on any atom is 0.324 e. The van der Waals surface area contributed by atoms with E-state index in [1.54, 1.807) is 11.0 Å². The van der Waals surface area contributed by atoms with Crippen molar-refractivity contribution in [3.8, 4) is 6.07 Å². The van der Waals surface area contributed by atoms with Gasteiger partial charge >= 0.3 is 6.03 Å². The molecule has 0 spiro atoms. The van der Waals surface area contributed by atoms with Crippen molar-refractivity contribution in [3.05, 3.63) is 18.1 Å². The van der Waals surface area contributed by atoms with Crippen molar-refractivity contribution >= 4 is 34.7 Å². The third-order valence-electron chi connectivity index (χ3n) is 6.41. The van der Waals surface area contributed by atoms with Crippen LogP contribution in [0.1, 0.15) is 38.4 Å². The zero-order valence-electron chi connectivity index (χ0n) is 20.2. The molecule has 1 fully saturated rings. The highest BCUT2D eigenvalue weighted by Gasteiger charge is 2.33. The molecule has 1 aliphatic rings. The standard InChI is InChI=1S/C23H33N9O3/c1-15-6-11-31(20(34)5-9-25)14-17(15)30(2)21-16-7-12-32(23(26)35)22(16)29-18(28-21)13-19(33)27-10-4-3-8-24/h7,12,15,17H,3-6,8,10-11,13-14,24H2,1-2H3,(H2,26,35)(H,27,33)/t15-,17+/m1/s1. The third-order valence-corrected chi connectivity index (χ3v) is 6.41. The molecule has 12 heteroatoms. The Balaban J connectivity index is 1.92. The number of aromatic nitrogens is 3. The summed E-state index contributed by atoms with van der Waals surface area (Å²) in [5.41, 5.74) is 11.3. The van der Waals surface area contributed by atoms with Crippen LogP contribution in [0.4, 0.5) is 10.6 Å². The van der Waals surface area contributed by atoms with E-state index in [4.69, 9.17) is 16.7 Å². The lowest BCUT2D eigenvalue weighted by Crippen LogP contribution is -2.52. The molecule has 0 saturated carbocycles. The van der Waals surface area contributed by atoms with E-state index in [9.17, 15) is 14.4 Å². The number of unbranched alkanes of at least 4 members (excludes halogenated alkanes) is 1. The number of hydrogen-bond donors (Lipinski definition) is 3. The van der Waals surface area contributed by atoms with Crippen molar-refractivity contribution < 1.29 is 14.4 Å². The van der Waals surface area contributed by atoms with Crippen molar-refractivity contribution in [2.24, 2.45) is 17.4 Å². The summed E-state index contributed by atoms with van der Waals surface area (Å²) in [7, 11) is 1.87. The monoisotopic (exact) mass is 483 g/mol. The summed E-state index contributed by atoms with van der Waals surface area (Å²) >= 11 is 0. The van der Waals surface area contributed by atoms with Crippen LogP contribution in [0.5, 0.6) is 0 Å². The van der Waals surface area contributed by atoms with Gasteiger partial charge in [-0.05, 0) is 37.8 Å². The summed E-state index contributed by atoms with van der Waals surface area (Å²) in [6.07, 6.45) is 3.69. The second kappa shape index (κ2) is 11.6. The number of carbonyl (C=O) groups is 3. The molecule has 0 radical (unpaired) electrons. The predicted molar refractivity (Wildman–Crippen MR) is 130 cm³/mol. The number of nitrogens with zero attached hydrogens (tertiary/aromatic N) is 6. The number of nitrogens with one attached hydrogen (secondary N) is 1. The summed E-state index contributed by atoms with van der Waals surface area (Å²) in [5.74, 6) is 0.623. The topological polar surface area (TPSA) is 176 Å². The van der Waals surface area contributed by atoms with Gasteiger partial charge in [0.15, 0.2) is 5.65 Å². The molecule has 1 saturated heterocycles. The molecule has 0 bridgehead atoms. The lowest BCUT2D eigenvalue weighted by Gasteiger charge is -2.42. The molecule has 2 aromatic rings. The minimum Gasteiger partial charge on any atom is -0.356 e. The van der Waals surface area contributed by atoms with Gasteiger partial charge in [-0.1, -0.05) is 6.92 Å². The second-order valence-electron chi connectivity index (χ2n) is 8.87. The highest BCUT2D eigenvalue weighted by Crippen LogP contribution is 2.30. The Morgan fingerprint density at radius 2 is 2.09 bits per heavy atom. The molecule has 0 aliphatic carbocycles. The second-order valence-corrected chi connectivity index (χ2v) is 8.87. The number of likely N-dealkylation sites (tertiary alicyclic amines) is 1. The number of amides is 3. The fraction of sp³-hybridized carbons (Fsp3) is 0.565. The Hall–Kier alpha value is -3.72. The quantitative estimate of drug-likeness (QED) is 0.428. The van der Waals surface area contributed by atoms with Gasteiger partial charge in [0.2, 0.25) is 11.8 Å². The van der Waals surface area contributed by atoms with Crippen molar-refractivity contribution in [2.45, 2.75) is 45.1 Å². The average molecular weight is 484 g/mol. The van der Waals surface area contributed by atoms with Gasteiger partial charge in [0, 0.05) is 32.9 Å². The van der Waals surface area contributed by atoms with Gasteiger partial charge in [-0.2, -0.15) is 5.26 Å². The number of anilines is 1. The van der Waals surface area contributed by atoms with Crippen LogP contribution in [0, 0.1) is 17.2 Å². The number of nitrogens with two attached hydrogens (primary N) is 2. The molecule has 12 nitrogen and oxygen atoms in total. The molecule has 3 heterocycles. The Morgan fingerprint density at radius 3 is 2.77 bits per heavy atom. The van der Waals surface area contributed by atoms with Gasteiger partial charge in [0.05, 0.1) is 23.9 Å². The van der Waals surface area contributed by atoms with E-state index in [0.717, 1.165) is 19.3 Å². The molecule has 0 aromatic carbocycles. The maximum atomic E-state index is 12.5. The van der Waals surface area contributed by atoms with Crippen molar-refractivity contribution in [2.75, 3.05) is 38.1 Å². The summed E-state index contributed by atoms with van der Waals surface area (Å²) in [6, 6.07) is 2.86. The normalized spacial score (nSPS) is 17.7. The number of piperidine rings is 1. The summed E-state index contributed by atoms with van der Waals surface area (Å²) in [4.78, 5) is 49.6. The van der Waals surface area contributed by atoms with E-state index in [-0.39, 0.29) is 42.4 Å². The SMILES string of the molecule is C[C@@H]1CCN(C(=O)CC#N)C[C@@H]1N(C)c1nc(CC(=O)NCCCCN)nc2c1ccn2C(N)=O. The first-order valence-electron chi connectivity index (χ1n) is 11.8. The van der Waals surface area contributed by atoms with Gasteiger partial charge in [-0.25, -0.2) is 14.8 Å². The molecule has 0 unspecified atom stereocenters. The first-order chi connectivity index (χ1) is 16.8. The van der Waals surface area contributed by atoms with Gasteiger partial charge < -0.3 is 26.6 Å². The minimum absolute atomic E-state index is 0.0592. The fourth-order valence-corrected chi connectivity index (χ4v) is 4.39. The van der Waals surface area contributed by atoms with E-state index >= 15 is 0 Å². The van der Waals surface area contributed by atoms with Gasteiger partial charge in [-0.15, -0.1) is 0 Å². The van der Waals surface area contributed by atoms with Crippen molar-refractivity contribution in [1.29, 1.82) is 5.26 Å². The molecule has 2 aromatic heterocycles. The largest absolute Gasteiger partial charge is 0.356 e. The average Bonchev–Trinajstić information content (AvgIpc) is 3.25. The maximum absolute atomic E-state index is 12.5. The number of fused-ring (bicyclic) bond motifs is 1. The molecule has 3 rings (SSSR count). The Morgan fingerprint density at radius 1 is 1.31 bits per heavy atom. The van der Waals surface area contributed by atoms with Crippen LogP contribution in [-0.2, 0) is 16.0 Å². The van der Waals surface area contributed by atoms with Crippen LogP contribution in [0.2, 0.25) is 0 Å². The van der Waals surface area contributed by atoms with E-state index in [0.29, 0.717) is 43.0 Å². The van der Waals surface area contributed by atoms with E-state index in [1.807, 2.05) is 18.0 Å². The molecular weight excluding hydrogens is 450 g/mol. The molecule has 2 atom stereocenters. The van der Waals surface area contributed by atoms with Crippen molar-refractivity contribution in [3.63, 3.8) is 0 Å². The number of nitriles is 1. The highest BCUT2D eigenvalue weighted by atomic mass is 16.2. The van der Waals surface area contributed by atoms with E-state index in [1.165, 1.54) is 10.8 Å². The molecule has 188 valence electrons. The van der Waals surface area contributed by atoms with E-state index < -0.39 is 6.03 Å². The van der Waals surface area contributed by atoms with E-state index in [2.05, 4.69) is 22.2 Å². The molecule has 35 heavy (non-hydrogen) atoms. The Bertz CT molecular complexity index is 1120. The van der Waals surface area contributed by atoms with Gasteiger partial charge in [0.25, 0.3) is 0 Å². The molecule has 1 aliphatic heterocycles.